The Morgan fingerprint density at radius 3 is 2.81 bits per heavy atom. The van der Waals surface area contributed by atoms with Gasteiger partial charge in [-0.15, -0.1) is 6.42 Å². The van der Waals surface area contributed by atoms with Gasteiger partial charge in [-0.1, -0.05) is 17.5 Å². The van der Waals surface area contributed by atoms with Crippen LogP contribution in [0.15, 0.2) is 18.3 Å². The molecule has 6 heteroatoms. The van der Waals surface area contributed by atoms with Crippen LogP contribution in [-0.2, 0) is 9.71 Å². The average molecular weight is 254 g/mol. The van der Waals surface area contributed by atoms with Crippen LogP contribution in [0.2, 0.25) is 5.15 Å². The minimum atomic E-state index is -2.75. The molecule has 0 aliphatic rings. The molecule has 1 heterocycles. The van der Waals surface area contributed by atoms with E-state index in [1.165, 1.54) is 18.5 Å². The number of terminal acetylenes is 1. The Labute approximate surface area is 99.4 Å². The van der Waals surface area contributed by atoms with Gasteiger partial charge in [-0.25, -0.2) is 13.9 Å². The molecule has 0 bridgehead atoms. The standard InChI is InChI=1S/C10H8ClN3OS/c1-3-9(16(2,15)14-7-12)8-4-5-10(11)13-6-8/h1,4-6H,2H3,(H,14,15). The van der Waals surface area contributed by atoms with Crippen LogP contribution in [0.25, 0.3) is 0 Å². The summed E-state index contributed by atoms with van der Waals surface area (Å²) in [7, 11) is -2.75. The second-order valence-corrected chi connectivity index (χ2v) is 5.59. The quantitative estimate of drug-likeness (QED) is 0.212. The van der Waals surface area contributed by atoms with Crippen LogP contribution in [0.3, 0.4) is 0 Å². The molecular formula is C10H8ClN3OS. The van der Waals surface area contributed by atoms with Gasteiger partial charge in [-0.2, -0.15) is 5.26 Å². The Kier molecular flexibility index (Phi) is 3.78. The molecule has 0 amide bonds. The second-order valence-electron chi connectivity index (χ2n) is 2.90. The van der Waals surface area contributed by atoms with Gasteiger partial charge in [0.2, 0.25) is 0 Å². The summed E-state index contributed by atoms with van der Waals surface area (Å²) in [5.41, 5.74) is 0.502. The van der Waals surface area contributed by atoms with Crippen molar-refractivity contribution in [3.05, 3.63) is 29.0 Å². The molecular weight excluding hydrogens is 246 g/mol. The van der Waals surface area contributed by atoms with Gasteiger partial charge in [0.15, 0.2) is 6.19 Å². The lowest BCUT2D eigenvalue weighted by atomic mass is 10.2. The molecule has 1 N–H and O–H groups in total. The molecule has 1 aromatic rings. The van der Waals surface area contributed by atoms with Crippen molar-refractivity contribution in [3.63, 3.8) is 0 Å². The Morgan fingerprint density at radius 2 is 2.38 bits per heavy atom. The summed E-state index contributed by atoms with van der Waals surface area (Å²) in [4.78, 5) is 4.03. The Hall–Kier alpha value is -1.69. The highest BCUT2D eigenvalue weighted by atomic mass is 35.5. The largest absolute Gasteiger partial charge is 0.248 e. The first-order valence-corrected chi connectivity index (χ1v) is 6.46. The van der Waals surface area contributed by atoms with Crippen molar-refractivity contribution in [2.24, 2.45) is 0 Å². The van der Waals surface area contributed by atoms with Gasteiger partial charge in [-0.05, 0) is 12.1 Å². The van der Waals surface area contributed by atoms with E-state index in [-0.39, 0.29) is 4.86 Å². The van der Waals surface area contributed by atoms with E-state index in [0.717, 1.165) is 0 Å². The maximum atomic E-state index is 12.0. The van der Waals surface area contributed by atoms with E-state index >= 15 is 0 Å². The molecule has 1 atom stereocenters. The zero-order valence-corrected chi connectivity index (χ0v) is 9.97. The molecule has 0 fully saturated rings. The van der Waals surface area contributed by atoms with E-state index < -0.39 is 9.71 Å². The molecule has 16 heavy (non-hydrogen) atoms. The van der Waals surface area contributed by atoms with E-state index in [0.29, 0.717) is 10.7 Å². The molecule has 0 saturated heterocycles. The lowest BCUT2D eigenvalue weighted by molar-refractivity contribution is 0.681. The molecule has 82 valence electrons. The smallest absolute Gasteiger partial charge is 0.188 e. The minimum absolute atomic E-state index is 0.193. The normalized spacial score (nSPS) is 13.0. The summed E-state index contributed by atoms with van der Waals surface area (Å²) in [5, 5.41) is 8.79. The van der Waals surface area contributed by atoms with Gasteiger partial charge < -0.3 is 0 Å². The van der Waals surface area contributed by atoms with Crippen molar-refractivity contribution >= 4 is 26.2 Å². The van der Waals surface area contributed by atoms with Crippen molar-refractivity contribution in [1.29, 1.82) is 5.26 Å². The molecule has 0 saturated carbocycles. The highest BCUT2D eigenvalue weighted by Gasteiger charge is 2.10. The first kappa shape index (κ1) is 12.4. The fraction of sp³-hybridized carbons (Fsp3) is 0.100. The number of aromatic nitrogens is 1. The predicted octanol–water partition coefficient (Wildman–Crippen LogP) is 0.789. The third kappa shape index (κ3) is 2.66. The minimum Gasteiger partial charge on any atom is -0.248 e. The van der Waals surface area contributed by atoms with E-state index in [2.05, 4.69) is 15.6 Å². The van der Waals surface area contributed by atoms with E-state index in [1.54, 1.807) is 12.3 Å². The Balaban J connectivity index is 3.41. The van der Waals surface area contributed by atoms with Crippen LogP contribution in [0.4, 0.5) is 0 Å². The van der Waals surface area contributed by atoms with Crippen LogP contribution in [-0.4, -0.2) is 20.3 Å². The third-order valence-corrected chi connectivity index (χ3v) is 3.59. The first-order chi connectivity index (χ1) is 7.51. The Bertz CT molecular complexity index is 586. The number of pyridine rings is 1. The summed E-state index contributed by atoms with van der Waals surface area (Å²) < 4.78 is 14.2. The number of hydrogen-bond acceptors (Lipinski definition) is 3. The fourth-order valence-electron chi connectivity index (χ4n) is 1.07. The fourth-order valence-corrected chi connectivity index (χ4v) is 2.25. The van der Waals surface area contributed by atoms with Gasteiger partial charge in [-0.3, -0.25) is 0 Å². The van der Waals surface area contributed by atoms with Gasteiger partial charge in [0.25, 0.3) is 0 Å². The molecule has 1 rings (SSSR count). The number of rotatable bonds is 2. The molecule has 1 unspecified atom stereocenters. The lowest BCUT2D eigenvalue weighted by Crippen LogP contribution is -2.25. The van der Waals surface area contributed by atoms with Gasteiger partial charge in [0, 0.05) is 18.0 Å². The summed E-state index contributed by atoms with van der Waals surface area (Å²) >= 11 is 5.62. The van der Waals surface area contributed by atoms with Crippen molar-refractivity contribution in [3.8, 4) is 18.5 Å². The predicted molar refractivity (Wildman–Crippen MR) is 65.0 cm³/mol. The topological polar surface area (TPSA) is 65.8 Å². The van der Waals surface area contributed by atoms with Gasteiger partial charge in [0.1, 0.15) is 10.0 Å². The van der Waals surface area contributed by atoms with E-state index in [1.807, 2.05) is 0 Å². The molecule has 1 aromatic heterocycles. The molecule has 0 radical (unpaired) electrons. The van der Waals surface area contributed by atoms with E-state index in [4.69, 9.17) is 23.3 Å². The number of nitrogens with one attached hydrogen (secondary N) is 1. The number of halogens is 1. The van der Waals surface area contributed by atoms with Crippen LogP contribution >= 0.6 is 11.6 Å². The van der Waals surface area contributed by atoms with Crippen molar-refractivity contribution in [1.82, 2.24) is 9.71 Å². The maximum absolute atomic E-state index is 12.0. The molecule has 0 spiro atoms. The van der Waals surface area contributed by atoms with Gasteiger partial charge in [0.05, 0.1) is 9.71 Å². The highest BCUT2D eigenvalue weighted by Crippen LogP contribution is 2.07. The lowest BCUT2D eigenvalue weighted by Gasteiger charge is -2.07. The number of nitriles is 1. The van der Waals surface area contributed by atoms with Crippen LogP contribution in [0.1, 0.15) is 5.56 Å². The molecule has 4 nitrogen and oxygen atoms in total. The first-order valence-electron chi connectivity index (χ1n) is 4.12. The van der Waals surface area contributed by atoms with Gasteiger partial charge >= 0.3 is 0 Å². The number of nitrogens with zero attached hydrogens (tertiary/aromatic N) is 2. The summed E-state index contributed by atoms with van der Waals surface area (Å²) in [5.74, 6) is 2.31. The SMILES string of the molecule is C#CC(c1ccc(Cl)nc1)=S(C)(=O)NC#N. The second kappa shape index (κ2) is 4.89. The van der Waals surface area contributed by atoms with E-state index in [9.17, 15) is 4.21 Å². The maximum Gasteiger partial charge on any atom is 0.188 e. The van der Waals surface area contributed by atoms with Crippen molar-refractivity contribution < 1.29 is 4.21 Å². The monoisotopic (exact) mass is 253 g/mol. The third-order valence-electron chi connectivity index (χ3n) is 1.75. The molecule has 0 aliphatic carbocycles. The number of hydrogen-bond donors (Lipinski definition) is 1. The van der Waals surface area contributed by atoms with Crippen LogP contribution in [0, 0.1) is 23.8 Å². The highest BCUT2D eigenvalue weighted by molar-refractivity contribution is 8.00. The molecule has 0 aliphatic heterocycles. The summed E-state index contributed by atoms with van der Waals surface area (Å²) in [6.45, 7) is 0. The zero-order chi connectivity index (χ0) is 12.2. The zero-order valence-electron chi connectivity index (χ0n) is 8.40. The average Bonchev–Trinajstić information content (AvgIpc) is 2.21. The van der Waals surface area contributed by atoms with Crippen LogP contribution < -0.4 is 4.72 Å². The Morgan fingerprint density at radius 1 is 1.69 bits per heavy atom. The van der Waals surface area contributed by atoms with Crippen LogP contribution in [0.5, 0.6) is 0 Å². The summed E-state index contributed by atoms with van der Waals surface area (Å²) in [6, 6.07) is 3.14. The van der Waals surface area contributed by atoms with Crippen molar-refractivity contribution in [2.45, 2.75) is 0 Å². The molecule has 0 aromatic carbocycles. The summed E-state index contributed by atoms with van der Waals surface area (Å²) in [6.07, 6.45) is 9.68. The van der Waals surface area contributed by atoms with Crippen molar-refractivity contribution in [2.75, 3.05) is 6.26 Å².